The zero-order chi connectivity index (χ0) is 21.1. The highest BCUT2D eigenvalue weighted by atomic mass is 32.2. The van der Waals surface area contributed by atoms with E-state index in [1.807, 2.05) is 74.5 Å². The van der Waals surface area contributed by atoms with Crippen LogP contribution in [0.2, 0.25) is 0 Å². The van der Waals surface area contributed by atoms with Crippen molar-refractivity contribution >= 4 is 16.9 Å². The lowest BCUT2D eigenvalue weighted by atomic mass is 10.1. The third-order valence-electron chi connectivity index (χ3n) is 5.04. The van der Waals surface area contributed by atoms with Gasteiger partial charge >= 0.3 is 0 Å². The highest BCUT2D eigenvalue weighted by Crippen LogP contribution is 2.41. The van der Waals surface area contributed by atoms with Gasteiger partial charge in [0.25, 0.3) is 0 Å². The minimum absolute atomic E-state index is 0.147. The van der Waals surface area contributed by atoms with Gasteiger partial charge in [-0.1, -0.05) is 48.5 Å². The standard InChI is InChI=1S/C23H26O6S/c1-23(2)28-18-17(27-22(25-3)20(18)29-23)19(26-14-15-10-6-4-7-11-15)21(24)30-16-12-8-5-9-13-16/h4-13,17-20,22H,14H2,1-3H3/t17-,18+,19+,20+,22+/m0/s1. The van der Waals surface area contributed by atoms with Crippen LogP contribution in [0.1, 0.15) is 19.4 Å². The molecule has 30 heavy (non-hydrogen) atoms. The summed E-state index contributed by atoms with van der Waals surface area (Å²) in [6, 6.07) is 19.2. The van der Waals surface area contributed by atoms with Crippen LogP contribution in [-0.4, -0.2) is 48.7 Å². The first-order chi connectivity index (χ1) is 14.5. The number of ether oxygens (including phenoxy) is 5. The summed E-state index contributed by atoms with van der Waals surface area (Å²) in [4.78, 5) is 14.1. The largest absolute Gasteiger partial charge is 0.362 e. The molecule has 2 aliphatic rings. The van der Waals surface area contributed by atoms with Gasteiger partial charge in [0.2, 0.25) is 5.12 Å². The van der Waals surface area contributed by atoms with Gasteiger partial charge in [-0.25, -0.2) is 0 Å². The number of carbonyl (C=O) groups is 1. The number of rotatable bonds is 7. The monoisotopic (exact) mass is 430 g/mol. The van der Waals surface area contributed by atoms with Crippen LogP contribution in [0.3, 0.4) is 0 Å². The van der Waals surface area contributed by atoms with E-state index in [2.05, 4.69) is 0 Å². The normalized spacial score (nSPS) is 28.2. The molecular formula is C23H26O6S. The third-order valence-corrected chi connectivity index (χ3v) is 5.99. The highest BCUT2D eigenvalue weighted by Gasteiger charge is 2.58. The van der Waals surface area contributed by atoms with E-state index in [-0.39, 0.29) is 11.7 Å². The van der Waals surface area contributed by atoms with Crippen LogP contribution >= 0.6 is 11.8 Å². The topological polar surface area (TPSA) is 63.2 Å². The van der Waals surface area contributed by atoms with Gasteiger partial charge in [0.15, 0.2) is 18.2 Å². The molecule has 2 aromatic rings. The van der Waals surface area contributed by atoms with Crippen LogP contribution in [-0.2, 0) is 35.1 Å². The third kappa shape index (κ3) is 4.77. The highest BCUT2D eigenvalue weighted by molar-refractivity contribution is 8.13. The van der Waals surface area contributed by atoms with Crippen molar-refractivity contribution in [2.45, 2.75) is 61.8 Å². The molecular weight excluding hydrogens is 404 g/mol. The molecule has 0 saturated carbocycles. The number of carbonyl (C=O) groups excluding carboxylic acids is 1. The Morgan fingerprint density at radius 1 is 1.03 bits per heavy atom. The predicted molar refractivity (Wildman–Crippen MR) is 112 cm³/mol. The van der Waals surface area contributed by atoms with Crippen LogP contribution in [0.25, 0.3) is 0 Å². The lowest BCUT2D eigenvalue weighted by molar-refractivity contribution is -0.238. The molecule has 0 aromatic heterocycles. The van der Waals surface area contributed by atoms with E-state index in [1.165, 1.54) is 0 Å². The quantitative estimate of drug-likeness (QED) is 0.620. The van der Waals surface area contributed by atoms with E-state index in [0.29, 0.717) is 0 Å². The second kappa shape index (κ2) is 9.18. The first-order valence-electron chi connectivity index (χ1n) is 9.93. The smallest absolute Gasteiger partial charge is 0.225 e. The summed E-state index contributed by atoms with van der Waals surface area (Å²) in [5.41, 5.74) is 0.974. The molecule has 2 aromatic carbocycles. The molecule has 0 radical (unpaired) electrons. The zero-order valence-electron chi connectivity index (χ0n) is 17.2. The van der Waals surface area contributed by atoms with Crippen molar-refractivity contribution in [3.63, 3.8) is 0 Å². The molecule has 7 heteroatoms. The number of fused-ring (bicyclic) bond motifs is 1. The second-order valence-corrected chi connectivity index (χ2v) is 8.80. The number of hydrogen-bond donors (Lipinski definition) is 0. The molecule has 2 heterocycles. The summed E-state index contributed by atoms with van der Waals surface area (Å²) in [5, 5.41) is -0.147. The summed E-state index contributed by atoms with van der Waals surface area (Å²) >= 11 is 1.14. The Morgan fingerprint density at radius 3 is 2.33 bits per heavy atom. The summed E-state index contributed by atoms with van der Waals surface area (Å²) in [6.07, 6.45) is -3.01. The van der Waals surface area contributed by atoms with E-state index in [0.717, 1.165) is 22.2 Å². The Hall–Kier alpha value is -1.74. The van der Waals surface area contributed by atoms with Crippen molar-refractivity contribution < 1.29 is 28.5 Å². The van der Waals surface area contributed by atoms with Crippen molar-refractivity contribution in [2.75, 3.05) is 7.11 Å². The fourth-order valence-corrected chi connectivity index (χ4v) is 4.59. The van der Waals surface area contributed by atoms with Gasteiger partial charge in [-0.15, -0.1) is 0 Å². The van der Waals surface area contributed by atoms with Gasteiger partial charge in [-0.05, 0) is 43.3 Å². The molecule has 0 aliphatic carbocycles. The molecule has 0 amide bonds. The second-order valence-electron chi connectivity index (χ2n) is 7.72. The Labute approximate surface area is 180 Å². The fourth-order valence-electron chi connectivity index (χ4n) is 3.74. The molecule has 0 spiro atoms. The molecule has 0 bridgehead atoms. The first-order valence-corrected chi connectivity index (χ1v) is 10.7. The van der Waals surface area contributed by atoms with E-state index < -0.39 is 36.5 Å². The van der Waals surface area contributed by atoms with Crippen molar-refractivity contribution in [3.05, 3.63) is 66.2 Å². The van der Waals surface area contributed by atoms with Gasteiger partial charge in [0.1, 0.15) is 18.3 Å². The van der Waals surface area contributed by atoms with E-state index >= 15 is 0 Å². The lowest BCUT2D eigenvalue weighted by Gasteiger charge is -2.28. The molecule has 0 unspecified atom stereocenters. The van der Waals surface area contributed by atoms with Crippen LogP contribution < -0.4 is 0 Å². The van der Waals surface area contributed by atoms with E-state index in [1.54, 1.807) is 7.11 Å². The Morgan fingerprint density at radius 2 is 1.67 bits per heavy atom. The van der Waals surface area contributed by atoms with Crippen LogP contribution in [0.5, 0.6) is 0 Å². The molecule has 5 atom stereocenters. The summed E-state index contributed by atoms with van der Waals surface area (Å²) in [7, 11) is 1.55. The van der Waals surface area contributed by atoms with Crippen LogP contribution in [0.4, 0.5) is 0 Å². The average Bonchev–Trinajstić information content (AvgIpc) is 3.23. The lowest BCUT2D eigenvalue weighted by Crippen LogP contribution is -2.43. The molecule has 0 N–H and O–H groups in total. The molecule has 6 nitrogen and oxygen atoms in total. The van der Waals surface area contributed by atoms with Crippen molar-refractivity contribution in [1.82, 2.24) is 0 Å². The van der Waals surface area contributed by atoms with Gasteiger partial charge in [0, 0.05) is 12.0 Å². The minimum atomic E-state index is -0.847. The summed E-state index contributed by atoms with van der Waals surface area (Å²) in [5.74, 6) is -0.784. The minimum Gasteiger partial charge on any atom is -0.362 e. The fraction of sp³-hybridized carbons (Fsp3) is 0.435. The van der Waals surface area contributed by atoms with E-state index in [4.69, 9.17) is 23.7 Å². The van der Waals surface area contributed by atoms with E-state index in [9.17, 15) is 4.79 Å². The average molecular weight is 431 g/mol. The maximum Gasteiger partial charge on any atom is 0.225 e. The molecule has 160 valence electrons. The van der Waals surface area contributed by atoms with Crippen molar-refractivity contribution in [3.8, 4) is 0 Å². The SMILES string of the molecule is CO[C@@H]1O[C@H]([C@@H](OCc2ccccc2)C(=O)Sc2ccccc2)[C@H]2OC(C)(C)O[C@@H]12. The van der Waals surface area contributed by atoms with Gasteiger partial charge < -0.3 is 23.7 Å². The van der Waals surface area contributed by atoms with Crippen LogP contribution in [0, 0.1) is 0 Å². The number of hydrogen-bond acceptors (Lipinski definition) is 7. The molecule has 2 saturated heterocycles. The number of benzene rings is 2. The Balaban J connectivity index is 1.56. The van der Waals surface area contributed by atoms with Crippen LogP contribution in [0.15, 0.2) is 65.6 Å². The number of thioether (sulfide) groups is 1. The first kappa shape index (κ1) is 21.5. The van der Waals surface area contributed by atoms with Crippen molar-refractivity contribution in [2.24, 2.45) is 0 Å². The van der Waals surface area contributed by atoms with Crippen molar-refractivity contribution in [1.29, 1.82) is 0 Å². The Bertz CT molecular complexity index is 843. The van der Waals surface area contributed by atoms with Gasteiger partial charge in [0.05, 0.1) is 6.61 Å². The predicted octanol–water partition coefficient (Wildman–Crippen LogP) is 3.78. The molecule has 2 fully saturated rings. The maximum atomic E-state index is 13.3. The Kier molecular flexibility index (Phi) is 6.57. The summed E-state index contributed by atoms with van der Waals surface area (Å²) in [6.45, 7) is 3.97. The summed E-state index contributed by atoms with van der Waals surface area (Å²) < 4.78 is 29.7. The van der Waals surface area contributed by atoms with Gasteiger partial charge in [-0.3, -0.25) is 4.79 Å². The zero-order valence-corrected chi connectivity index (χ0v) is 18.0. The molecule has 2 aliphatic heterocycles. The molecule has 4 rings (SSSR count). The van der Waals surface area contributed by atoms with Gasteiger partial charge in [-0.2, -0.15) is 0 Å². The maximum absolute atomic E-state index is 13.3. The number of methoxy groups -OCH3 is 1.